The maximum atomic E-state index is 11.9. The van der Waals surface area contributed by atoms with Crippen LogP contribution in [0, 0.1) is 11.8 Å². The Morgan fingerprint density at radius 2 is 2.18 bits per heavy atom. The lowest BCUT2D eigenvalue weighted by molar-refractivity contribution is -0.142. The van der Waals surface area contributed by atoms with E-state index < -0.39 is 11.9 Å². The van der Waals surface area contributed by atoms with Crippen LogP contribution in [0.2, 0.25) is 0 Å². The van der Waals surface area contributed by atoms with E-state index in [1.165, 1.54) is 0 Å². The Morgan fingerprint density at radius 1 is 1.35 bits per heavy atom. The van der Waals surface area contributed by atoms with Gasteiger partial charge in [0.05, 0.1) is 25.2 Å². The van der Waals surface area contributed by atoms with Gasteiger partial charge in [0.2, 0.25) is 5.91 Å². The maximum Gasteiger partial charge on any atom is 0.311 e. The van der Waals surface area contributed by atoms with Crippen molar-refractivity contribution in [1.82, 2.24) is 10.6 Å². The minimum atomic E-state index is -0.908. The molecule has 3 N–H and O–H groups in total. The Morgan fingerprint density at radius 3 is 2.82 bits per heavy atom. The molecular formula is C11H18N2O4. The number of ether oxygens (including phenoxy) is 1. The average Bonchev–Trinajstić information content (AvgIpc) is 2.78. The molecule has 0 bridgehead atoms. The van der Waals surface area contributed by atoms with Crippen molar-refractivity contribution in [2.75, 3.05) is 26.3 Å². The zero-order chi connectivity index (χ0) is 12.3. The third-order valence-corrected chi connectivity index (χ3v) is 3.39. The van der Waals surface area contributed by atoms with Crippen molar-refractivity contribution in [3.05, 3.63) is 0 Å². The summed E-state index contributed by atoms with van der Waals surface area (Å²) >= 11 is 0. The number of carboxylic acids is 1. The molecule has 2 saturated heterocycles. The predicted octanol–water partition coefficient (Wildman–Crippen LogP) is -0.798. The van der Waals surface area contributed by atoms with Gasteiger partial charge in [0.1, 0.15) is 5.92 Å². The van der Waals surface area contributed by atoms with Crippen LogP contribution in [0.25, 0.3) is 0 Å². The number of nitrogens with one attached hydrogen (secondary N) is 2. The quantitative estimate of drug-likeness (QED) is 0.603. The second kappa shape index (κ2) is 5.46. The van der Waals surface area contributed by atoms with Crippen LogP contribution in [0.1, 0.15) is 12.8 Å². The van der Waals surface area contributed by atoms with Crippen LogP contribution < -0.4 is 10.6 Å². The van der Waals surface area contributed by atoms with Crippen LogP contribution in [0.3, 0.4) is 0 Å². The van der Waals surface area contributed by atoms with E-state index in [0.29, 0.717) is 13.2 Å². The van der Waals surface area contributed by atoms with E-state index in [1.807, 2.05) is 0 Å². The summed E-state index contributed by atoms with van der Waals surface area (Å²) in [4.78, 5) is 22.8. The highest BCUT2D eigenvalue weighted by Crippen LogP contribution is 2.16. The lowest BCUT2D eigenvalue weighted by Gasteiger charge is -2.24. The van der Waals surface area contributed by atoms with Gasteiger partial charge in [-0.05, 0) is 19.4 Å². The summed E-state index contributed by atoms with van der Waals surface area (Å²) in [7, 11) is 0. The first-order chi connectivity index (χ1) is 8.18. The first-order valence-corrected chi connectivity index (χ1v) is 6.00. The molecule has 2 aliphatic heterocycles. The Hall–Kier alpha value is -1.14. The third kappa shape index (κ3) is 2.95. The smallest absolute Gasteiger partial charge is 0.311 e. The standard InChI is InChI=1S/C11H18N2O4/c14-10(7-2-1-3-12-4-7)13-9-6-17-5-8(9)11(15)16/h7-9,12H,1-6H2,(H,13,14)(H,15,16)/t7-,8?,9?/m0/s1. The van der Waals surface area contributed by atoms with E-state index in [2.05, 4.69) is 10.6 Å². The highest BCUT2D eigenvalue weighted by atomic mass is 16.5. The molecule has 2 aliphatic rings. The number of rotatable bonds is 3. The van der Waals surface area contributed by atoms with Crippen LogP contribution in [-0.4, -0.2) is 49.3 Å². The number of carboxylic acid groups (broad SMARTS) is 1. The lowest BCUT2D eigenvalue weighted by atomic mass is 9.97. The van der Waals surface area contributed by atoms with Crippen LogP contribution in [-0.2, 0) is 14.3 Å². The number of piperidine rings is 1. The van der Waals surface area contributed by atoms with Crippen LogP contribution >= 0.6 is 0 Å². The van der Waals surface area contributed by atoms with Crippen LogP contribution in [0.15, 0.2) is 0 Å². The highest BCUT2D eigenvalue weighted by molar-refractivity contribution is 5.80. The Kier molecular flexibility index (Phi) is 3.96. The van der Waals surface area contributed by atoms with Gasteiger partial charge in [-0.3, -0.25) is 9.59 Å². The molecule has 1 amide bonds. The van der Waals surface area contributed by atoms with Crippen molar-refractivity contribution < 1.29 is 19.4 Å². The van der Waals surface area contributed by atoms with E-state index in [0.717, 1.165) is 19.4 Å². The topological polar surface area (TPSA) is 87.7 Å². The maximum absolute atomic E-state index is 11.9. The Labute approximate surface area is 99.7 Å². The molecule has 3 atom stereocenters. The van der Waals surface area contributed by atoms with Gasteiger partial charge in [0.25, 0.3) is 0 Å². The van der Waals surface area contributed by atoms with Crippen molar-refractivity contribution in [1.29, 1.82) is 0 Å². The zero-order valence-corrected chi connectivity index (χ0v) is 9.65. The molecule has 6 heteroatoms. The minimum Gasteiger partial charge on any atom is -0.481 e. The van der Waals surface area contributed by atoms with Gasteiger partial charge in [0.15, 0.2) is 0 Å². The third-order valence-electron chi connectivity index (χ3n) is 3.39. The van der Waals surface area contributed by atoms with E-state index >= 15 is 0 Å². The summed E-state index contributed by atoms with van der Waals surface area (Å²) in [5, 5.41) is 14.9. The Bertz CT molecular complexity index is 302. The van der Waals surface area contributed by atoms with Crippen molar-refractivity contribution >= 4 is 11.9 Å². The molecule has 0 aromatic heterocycles. The molecule has 0 aromatic carbocycles. The summed E-state index contributed by atoms with van der Waals surface area (Å²) in [6.07, 6.45) is 1.85. The largest absolute Gasteiger partial charge is 0.481 e. The van der Waals surface area contributed by atoms with E-state index in [-0.39, 0.29) is 24.5 Å². The number of hydrogen-bond acceptors (Lipinski definition) is 4. The van der Waals surface area contributed by atoms with Gasteiger partial charge >= 0.3 is 5.97 Å². The van der Waals surface area contributed by atoms with Gasteiger partial charge in [-0.2, -0.15) is 0 Å². The summed E-state index contributed by atoms with van der Waals surface area (Å²) < 4.78 is 5.11. The summed E-state index contributed by atoms with van der Waals surface area (Å²) in [5.74, 6) is -1.62. The van der Waals surface area contributed by atoms with Gasteiger partial charge in [0, 0.05) is 6.54 Å². The zero-order valence-electron chi connectivity index (χ0n) is 9.65. The van der Waals surface area contributed by atoms with Crippen LogP contribution in [0.4, 0.5) is 0 Å². The fraction of sp³-hybridized carbons (Fsp3) is 0.818. The highest BCUT2D eigenvalue weighted by Gasteiger charge is 2.36. The molecular weight excluding hydrogens is 224 g/mol. The van der Waals surface area contributed by atoms with E-state index in [9.17, 15) is 9.59 Å². The summed E-state index contributed by atoms with van der Waals surface area (Å²) in [6, 6.07) is -0.387. The Balaban J connectivity index is 1.86. The van der Waals surface area contributed by atoms with Gasteiger partial charge in [-0.15, -0.1) is 0 Å². The molecule has 2 rings (SSSR count). The van der Waals surface area contributed by atoms with Crippen molar-refractivity contribution in [3.8, 4) is 0 Å². The number of carbonyl (C=O) groups is 2. The number of amides is 1. The van der Waals surface area contributed by atoms with Gasteiger partial charge in [-0.25, -0.2) is 0 Å². The molecule has 2 unspecified atom stereocenters. The van der Waals surface area contributed by atoms with Crippen molar-refractivity contribution in [2.24, 2.45) is 11.8 Å². The molecule has 0 aromatic rings. The molecule has 0 radical (unpaired) electrons. The van der Waals surface area contributed by atoms with Gasteiger partial charge < -0.3 is 20.5 Å². The number of carbonyl (C=O) groups excluding carboxylic acids is 1. The van der Waals surface area contributed by atoms with Crippen LogP contribution in [0.5, 0.6) is 0 Å². The molecule has 0 saturated carbocycles. The van der Waals surface area contributed by atoms with Crippen molar-refractivity contribution in [3.63, 3.8) is 0 Å². The fourth-order valence-corrected chi connectivity index (χ4v) is 2.32. The normalized spacial score (nSPS) is 33.3. The predicted molar refractivity (Wildman–Crippen MR) is 59.5 cm³/mol. The molecule has 0 spiro atoms. The molecule has 17 heavy (non-hydrogen) atoms. The van der Waals surface area contributed by atoms with E-state index in [4.69, 9.17) is 9.84 Å². The molecule has 6 nitrogen and oxygen atoms in total. The van der Waals surface area contributed by atoms with Crippen molar-refractivity contribution in [2.45, 2.75) is 18.9 Å². The summed E-state index contributed by atoms with van der Waals surface area (Å²) in [5.41, 5.74) is 0. The number of aliphatic carboxylic acids is 1. The fourth-order valence-electron chi connectivity index (χ4n) is 2.32. The number of hydrogen-bond donors (Lipinski definition) is 3. The molecule has 2 fully saturated rings. The summed E-state index contributed by atoms with van der Waals surface area (Å²) in [6.45, 7) is 2.11. The van der Waals surface area contributed by atoms with Gasteiger partial charge in [-0.1, -0.05) is 0 Å². The molecule has 2 heterocycles. The molecule has 0 aliphatic carbocycles. The molecule has 96 valence electrons. The minimum absolute atomic E-state index is 0.0428. The first-order valence-electron chi connectivity index (χ1n) is 6.00. The van der Waals surface area contributed by atoms with E-state index in [1.54, 1.807) is 0 Å². The average molecular weight is 242 g/mol. The first kappa shape index (κ1) is 12.3. The second-order valence-electron chi connectivity index (χ2n) is 4.64. The monoisotopic (exact) mass is 242 g/mol. The lowest BCUT2D eigenvalue weighted by Crippen LogP contribution is -2.48. The second-order valence-corrected chi connectivity index (χ2v) is 4.64. The SMILES string of the molecule is O=C(O)C1COCC1NC(=O)[C@H]1CCCNC1.